The molecule has 6 heteroatoms. The van der Waals surface area contributed by atoms with Crippen molar-refractivity contribution in [3.63, 3.8) is 0 Å². The zero-order valence-corrected chi connectivity index (χ0v) is 54.4. The van der Waals surface area contributed by atoms with Gasteiger partial charge < -0.3 is 14.2 Å². The highest BCUT2D eigenvalue weighted by atomic mass is 16.6. The standard InChI is InChI=1S/C77H130O6/c1-4-7-10-13-16-19-22-25-28-31-34-35-36-37-38-39-40-41-44-46-49-52-55-58-61-64-67-70-76(79)82-73-74(83-77(80)71-68-65-62-59-56-53-50-47-43-33-30-27-24-21-18-15-12-9-6-3)72-81-75(78)69-66-63-60-57-54-51-48-45-42-32-29-26-23-20-17-14-11-8-5-2/h7,10,16,18-19,21,25-30,34-35,37-38,40-41,46,49,74H,4-6,8-9,11-15,17,20,22-24,31-33,36,39,42-45,47-48,50-73H2,1-3H3/b10-7-,19-16-,21-18-,28-25-,29-26-,30-27-,35-34-,38-37-,41-40-,49-46-. The molecule has 1 unspecified atom stereocenters. The molecule has 0 aliphatic carbocycles. The van der Waals surface area contributed by atoms with Gasteiger partial charge in [-0.2, -0.15) is 0 Å². The molecule has 6 nitrogen and oxygen atoms in total. The maximum atomic E-state index is 13.0. The van der Waals surface area contributed by atoms with E-state index in [4.69, 9.17) is 14.2 Å². The first-order valence-corrected chi connectivity index (χ1v) is 35.0. The van der Waals surface area contributed by atoms with Gasteiger partial charge in [-0.25, -0.2) is 0 Å². The van der Waals surface area contributed by atoms with E-state index in [0.29, 0.717) is 19.3 Å². The monoisotopic (exact) mass is 1150 g/mol. The van der Waals surface area contributed by atoms with E-state index >= 15 is 0 Å². The second kappa shape index (κ2) is 70.3. The average Bonchev–Trinajstić information content (AvgIpc) is 3.50. The predicted octanol–water partition coefficient (Wildman–Crippen LogP) is 24.3. The molecule has 0 amide bonds. The lowest BCUT2D eigenvalue weighted by molar-refractivity contribution is -0.167. The van der Waals surface area contributed by atoms with Gasteiger partial charge in [-0.05, 0) is 135 Å². The molecule has 0 rings (SSSR count). The van der Waals surface area contributed by atoms with Crippen LogP contribution in [0.2, 0.25) is 0 Å². The first-order chi connectivity index (χ1) is 41.0. The molecule has 0 bridgehead atoms. The van der Waals surface area contributed by atoms with Crippen molar-refractivity contribution in [1.82, 2.24) is 0 Å². The molecular weight excluding hydrogens is 1020 g/mol. The third-order valence-electron chi connectivity index (χ3n) is 14.9. The summed E-state index contributed by atoms with van der Waals surface area (Å²) in [5.41, 5.74) is 0. The van der Waals surface area contributed by atoms with Crippen molar-refractivity contribution in [1.29, 1.82) is 0 Å². The van der Waals surface area contributed by atoms with Gasteiger partial charge in [0.05, 0.1) is 0 Å². The quantitative estimate of drug-likeness (QED) is 0.0261. The Morgan fingerprint density at radius 3 is 0.771 bits per heavy atom. The number of carbonyl (C=O) groups is 3. The fraction of sp³-hybridized carbons (Fsp3) is 0.701. The molecule has 0 saturated carbocycles. The van der Waals surface area contributed by atoms with Crippen molar-refractivity contribution in [3.8, 4) is 0 Å². The molecule has 0 radical (unpaired) electrons. The summed E-state index contributed by atoms with van der Waals surface area (Å²) in [4.78, 5) is 38.5. The number of hydrogen-bond acceptors (Lipinski definition) is 6. The third kappa shape index (κ3) is 68.5. The van der Waals surface area contributed by atoms with Gasteiger partial charge in [0.15, 0.2) is 6.10 Å². The normalized spacial score (nSPS) is 12.9. The van der Waals surface area contributed by atoms with Gasteiger partial charge in [0, 0.05) is 19.3 Å². The molecule has 0 aromatic heterocycles. The number of unbranched alkanes of at least 4 members (excludes halogenated alkanes) is 32. The Balaban J connectivity index is 4.43. The van der Waals surface area contributed by atoms with E-state index in [1.54, 1.807) is 0 Å². The topological polar surface area (TPSA) is 78.9 Å². The summed E-state index contributed by atoms with van der Waals surface area (Å²) in [7, 11) is 0. The number of esters is 3. The van der Waals surface area contributed by atoms with E-state index in [-0.39, 0.29) is 31.1 Å². The highest BCUT2D eigenvalue weighted by Gasteiger charge is 2.19. The molecular formula is C77H130O6. The molecule has 0 fully saturated rings. The maximum Gasteiger partial charge on any atom is 0.306 e. The van der Waals surface area contributed by atoms with Gasteiger partial charge in [-0.1, -0.05) is 296 Å². The molecule has 474 valence electrons. The molecule has 0 N–H and O–H groups in total. The summed E-state index contributed by atoms with van der Waals surface area (Å²) >= 11 is 0. The Morgan fingerprint density at radius 2 is 0.470 bits per heavy atom. The minimum atomic E-state index is -0.795. The molecule has 83 heavy (non-hydrogen) atoms. The van der Waals surface area contributed by atoms with Gasteiger partial charge >= 0.3 is 17.9 Å². The minimum absolute atomic E-state index is 0.0879. The lowest BCUT2D eigenvalue weighted by Crippen LogP contribution is -2.30. The summed E-state index contributed by atoms with van der Waals surface area (Å²) in [6, 6.07) is 0. The van der Waals surface area contributed by atoms with Crippen molar-refractivity contribution in [3.05, 3.63) is 122 Å². The van der Waals surface area contributed by atoms with Crippen molar-refractivity contribution >= 4 is 17.9 Å². The molecule has 0 saturated heterocycles. The molecule has 0 aromatic rings. The van der Waals surface area contributed by atoms with Crippen molar-refractivity contribution in [2.75, 3.05) is 13.2 Å². The van der Waals surface area contributed by atoms with Gasteiger partial charge in [-0.3, -0.25) is 14.4 Å². The molecule has 0 aromatic carbocycles. The van der Waals surface area contributed by atoms with Crippen LogP contribution in [-0.2, 0) is 28.6 Å². The number of allylic oxidation sites excluding steroid dienone is 20. The molecule has 0 aliphatic rings. The zero-order chi connectivity index (χ0) is 59.9. The van der Waals surface area contributed by atoms with Crippen molar-refractivity contribution in [2.45, 2.75) is 335 Å². The minimum Gasteiger partial charge on any atom is -0.462 e. The Labute approximate surface area is 513 Å². The largest absolute Gasteiger partial charge is 0.462 e. The van der Waals surface area contributed by atoms with Gasteiger partial charge in [0.2, 0.25) is 0 Å². The Hall–Kier alpha value is -4.19. The number of ether oxygens (including phenoxy) is 3. The summed E-state index contributed by atoms with van der Waals surface area (Å²) in [6.07, 6.45) is 97.8. The fourth-order valence-corrected chi connectivity index (χ4v) is 9.68. The maximum absolute atomic E-state index is 13.0. The lowest BCUT2D eigenvalue weighted by Gasteiger charge is -2.18. The van der Waals surface area contributed by atoms with E-state index < -0.39 is 6.10 Å². The van der Waals surface area contributed by atoms with Crippen molar-refractivity contribution < 1.29 is 28.6 Å². The predicted molar refractivity (Wildman–Crippen MR) is 362 cm³/mol. The summed E-state index contributed by atoms with van der Waals surface area (Å²) in [6.45, 7) is 6.51. The first-order valence-electron chi connectivity index (χ1n) is 35.0. The second-order valence-electron chi connectivity index (χ2n) is 23.1. The van der Waals surface area contributed by atoms with Crippen LogP contribution in [0.1, 0.15) is 329 Å². The summed E-state index contributed by atoms with van der Waals surface area (Å²) in [5, 5.41) is 0. The van der Waals surface area contributed by atoms with E-state index in [0.717, 1.165) is 128 Å². The van der Waals surface area contributed by atoms with E-state index in [1.807, 2.05) is 0 Å². The molecule has 0 spiro atoms. The highest BCUT2D eigenvalue weighted by Crippen LogP contribution is 2.16. The summed E-state index contributed by atoms with van der Waals surface area (Å²) in [5.74, 6) is -0.903. The van der Waals surface area contributed by atoms with Crippen LogP contribution in [0.25, 0.3) is 0 Å². The van der Waals surface area contributed by atoms with Gasteiger partial charge in [0.1, 0.15) is 13.2 Å². The SMILES string of the molecule is CC/C=C\C/C=C\C/C=C\C/C=C\C/C=C\C/C=C\C/C=C\CCCCCCCC(=O)OCC(COC(=O)CCCCCCCCCCC/C=C\CCCCCCCC)OC(=O)CCCCCCCCCCC/C=C\C/C=C\CCCCC. The number of rotatable bonds is 63. The second-order valence-corrected chi connectivity index (χ2v) is 23.1. The Morgan fingerprint density at radius 1 is 0.253 bits per heavy atom. The van der Waals surface area contributed by atoms with Crippen LogP contribution < -0.4 is 0 Å². The third-order valence-corrected chi connectivity index (χ3v) is 14.9. The van der Waals surface area contributed by atoms with Crippen LogP contribution >= 0.6 is 0 Å². The number of carbonyl (C=O) groups excluding carboxylic acids is 3. The number of hydrogen-bond donors (Lipinski definition) is 0. The van der Waals surface area contributed by atoms with E-state index in [9.17, 15) is 14.4 Å². The van der Waals surface area contributed by atoms with Gasteiger partial charge in [0.25, 0.3) is 0 Å². The fourth-order valence-electron chi connectivity index (χ4n) is 9.68. The zero-order valence-electron chi connectivity index (χ0n) is 54.4. The van der Waals surface area contributed by atoms with Crippen LogP contribution in [0.15, 0.2) is 122 Å². The molecule has 0 heterocycles. The first kappa shape index (κ1) is 78.8. The lowest BCUT2D eigenvalue weighted by atomic mass is 10.1. The van der Waals surface area contributed by atoms with E-state index in [1.165, 1.54) is 161 Å². The Bertz CT molecular complexity index is 1700. The van der Waals surface area contributed by atoms with Crippen LogP contribution in [0.4, 0.5) is 0 Å². The van der Waals surface area contributed by atoms with Gasteiger partial charge in [-0.15, -0.1) is 0 Å². The van der Waals surface area contributed by atoms with Crippen LogP contribution in [0, 0.1) is 0 Å². The van der Waals surface area contributed by atoms with Crippen LogP contribution in [-0.4, -0.2) is 37.2 Å². The highest BCUT2D eigenvalue weighted by molar-refractivity contribution is 5.71. The Kier molecular flexibility index (Phi) is 66.7. The van der Waals surface area contributed by atoms with Crippen LogP contribution in [0.3, 0.4) is 0 Å². The van der Waals surface area contributed by atoms with Crippen molar-refractivity contribution in [2.24, 2.45) is 0 Å². The molecule has 1 atom stereocenters. The van der Waals surface area contributed by atoms with Crippen LogP contribution in [0.5, 0.6) is 0 Å². The molecule has 0 aliphatic heterocycles. The van der Waals surface area contributed by atoms with E-state index in [2.05, 4.69) is 142 Å². The smallest absolute Gasteiger partial charge is 0.306 e. The summed E-state index contributed by atoms with van der Waals surface area (Å²) < 4.78 is 17.0. The average molecular weight is 1150 g/mol.